The highest BCUT2D eigenvalue weighted by Crippen LogP contribution is 2.32. The van der Waals surface area contributed by atoms with Crippen LogP contribution in [-0.4, -0.2) is 58.6 Å². The molecule has 1 aliphatic heterocycles. The number of ether oxygens (including phenoxy) is 2. The predicted octanol–water partition coefficient (Wildman–Crippen LogP) is 2.76. The molecular weight excluding hydrogens is 392 g/mol. The van der Waals surface area contributed by atoms with E-state index in [4.69, 9.17) is 9.47 Å². The first-order chi connectivity index (χ1) is 13.8. The van der Waals surface area contributed by atoms with Crippen LogP contribution in [0.25, 0.3) is 0 Å². The number of sulfonamides is 1. The lowest BCUT2D eigenvalue weighted by Crippen LogP contribution is -2.45. The van der Waals surface area contributed by atoms with Gasteiger partial charge in [0.05, 0.1) is 13.0 Å². The third-order valence-corrected chi connectivity index (χ3v) is 7.08. The SMILES string of the molecule is CCOCCCNC(=O)[C@H]1CCCN(S(=O)(=O)c2cc(C(C)C)ccc2OC)C1. The molecule has 1 saturated heterocycles. The van der Waals surface area contributed by atoms with Crippen LogP contribution in [0, 0.1) is 5.92 Å². The van der Waals surface area contributed by atoms with Gasteiger partial charge in [-0.2, -0.15) is 4.31 Å². The highest BCUT2D eigenvalue weighted by molar-refractivity contribution is 7.89. The quantitative estimate of drug-likeness (QED) is 0.582. The zero-order chi connectivity index (χ0) is 21.4. The lowest BCUT2D eigenvalue weighted by molar-refractivity contribution is -0.126. The first-order valence-electron chi connectivity index (χ1n) is 10.3. The fourth-order valence-electron chi connectivity index (χ4n) is 3.44. The molecule has 8 heteroatoms. The number of hydrogen-bond acceptors (Lipinski definition) is 5. The molecule has 0 spiro atoms. The summed E-state index contributed by atoms with van der Waals surface area (Å²) in [7, 11) is -2.28. The van der Waals surface area contributed by atoms with Crippen LogP contribution in [0.2, 0.25) is 0 Å². The zero-order valence-electron chi connectivity index (χ0n) is 17.9. The molecular formula is C21H34N2O5S. The van der Waals surface area contributed by atoms with Gasteiger partial charge in [0, 0.05) is 32.8 Å². The number of rotatable bonds is 10. The Morgan fingerprint density at radius 3 is 2.76 bits per heavy atom. The lowest BCUT2D eigenvalue weighted by atomic mass is 9.99. The van der Waals surface area contributed by atoms with Gasteiger partial charge in [0.1, 0.15) is 10.6 Å². The predicted molar refractivity (Wildman–Crippen MR) is 113 cm³/mol. The maximum absolute atomic E-state index is 13.3. The minimum Gasteiger partial charge on any atom is -0.495 e. The average Bonchev–Trinajstić information content (AvgIpc) is 2.73. The molecule has 1 fully saturated rings. The van der Waals surface area contributed by atoms with Gasteiger partial charge < -0.3 is 14.8 Å². The van der Waals surface area contributed by atoms with Crippen LogP contribution in [0.1, 0.15) is 51.5 Å². The Morgan fingerprint density at radius 2 is 2.10 bits per heavy atom. The van der Waals surface area contributed by atoms with Crippen LogP contribution >= 0.6 is 0 Å². The summed E-state index contributed by atoms with van der Waals surface area (Å²) >= 11 is 0. The second-order valence-corrected chi connectivity index (χ2v) is 9.52. The summed E-state index contributed by atoms with van der Waals surface area (Å²) in [5.41, 5.74) is 0.935. The molecule has 2 rings (SSSR count). The minimum absolute atomic E-state index is 0.0932. The summed E-state index contributed by atoms with van der Waals surface area (Å²) in [6.07, 6.45) is 2.09. The molecule has 1 amide bonds. The van der Waals surface area contributed by atoms with Crippen molar-refractivity contribution in [1.29, 1.82) is 0 Å². The number of carbonyl (C=O) groups excluding carboxylic acids is 1. The molecule has 0 radical (unpaired) electrons. The number of nitrogens with zero attached hydrogens (tertiary/aromatic N) is 1. The Bertz CT molecular complexity index is 779. The van der Waals surface area contributed by atoms with Crippen molar-refractivity contribution in [3.05, 3.63) is 23.8 Å². The minimum atomic E-state index is -3.75. The van der Waals surface area contributed by atoms with Gasteiger partial charge in [-0.3, -0.25) is 4.79 Å². The second kappa shape index (κ2) is 10.9. The van der Waals surface area contributed by atoms with Gasteiger partial charge in [-0.05, 0) is 49.8 Å². The number of hydrogen-bond donors (Lipinski definition) is 1. The standard InChI is InChI=1S/C21H34N2O5S/c1-5-28-13-7-11-22-21(24)18-8-6-12-23(15-18)29(25,26)20-14-17(16(2)3)9-10-19(20)27-4/h9-10,14,16,18H,5-8,11-13,15H2,1-4H3,(H,22,24)/t18-/m0/s1. The van der Waals surface area contributed by atoms with Crippen LogP contribution in [0.5, 0.6) is 5.75 Å². The van der Waals surface area contributed by atoms with Gasteiger partial charge in [0.15, 0.2) is 0 Å². The van der Waals surface area contributed by atoms with Gasteiger partial charge in [0.25, 0.3) is 0 Å². The molecule has 7 nitrogen and oxygen atoms in total. The van der Waals surface area contributed by atoms with Crippen molar-refractivity contribution in [1.82, 2.24) is 9.62 Å². The Kier molecular flexibility index (Phi) is 8.92. The number of piperidine rings is 1. The molecule has 0 bridgehead atoms. The molecule has 0 saturated carbocycles. The van der Waals surface area contributed by atoms with E-state index in [9.17, 15) is 13.2 Å². The molecule has 1 N–H and O–H groups in total. The summed E-state index contributed by atoms with van der Waals surface area (Å²) in [4.78, 5) is 12.7. The first-order valence-corrected chi connectivity index (χ1v) is 11.8. The van der Waals surface area contributed by atoms with Crippen molar-refractivity contribution < 1.29 is 22.7 Å². The van der Waals surface area contributed by atoms with E-state index in [-0.39, 0.29) is 29.2 Å². The highest BCUT2D eigenvalue weighted by Gasteiger charge is 2.35. The van der Waals surface area contributed by atoms with Crippen LogP contribution in [0.4, 0.5) is 0 Å². The topological polar surface area (TPSA) is 84.9 Å². The van der Waals surface area contributed by atoms with Crippen molar-refractivity contribution in [2.45, 2.75) is 50.8 Å². The maximum Gasteiger partial charge on any atom is 0.246 e. The Labute approximate surface area is 174 Å². The van der Waals surface area contributed by atoms with Crippen LogP contribution in [0.3, 0.4) is 0 Å². The Hall–Kier alpha value is -1.64. The van der Waals surface area contributed by atoms with Crippen molar-refractivity contribution >= 4 is 15.9 Å². The number of benzene rings is 1. The number of nitrogens with one attached hydrogen (secondary N) is 1. The Morgan fingerprint density at radius 1 is 1.34 bits per heavy atom. The molecule has 0 aromatic heterocycles. The van der Waals surface area contributed by atoms with Gasteiger partial charge >= 0.3 is 0 Å². The van der Waals surface area contributed by atoms with Crippen molar-refractivity contribution in [3.8, 4) is 5.75 Å². The van der Waals surface area contributed by atoms with E-state index < -0.39 is 10.0 Å². The van der Waals surface area contributed by atoms with Crippen molar-refractivity contribution in [3.63, 3.8) is 0 Å². The lowest BCUT2D eigenvalue weighted by Gasteiger charge is -2.31. The molecule has 164 valence electrons. The van der Waals surface area contributed by atoms with Gasteiger partial charge in [-0.15, -0.1) is 0 Å². The molecule has 0 aliphatic carbocycles. The molecule has 0 unspecified atom stereocenters. The number of carbonyl (C=O) groups is 1. The Balaban J connectivity index is 2.11. The third-order valence-electron chi connectivity index (χ3n) is 5.20. The molecule has 1 aromatic rings. The van der Waals surface area contributed by atoms with Crippen molar-refractivity contribution in [2.75, 3.05) is 40.0 Å². The van der Waals surface area contributed by atoms with E-state index in [2.05, 4.69) is 5.32 Å². The van der Waals surface area contributed by atoms with Crippen LogP contribution in [0.15, 0.2) is 23.1 Å². The fraction of sp³-hybridized carbons (Fsp3) is 0.667. The van der Waals surface area contributed by atoms with Gasteiger partial charge in [0.2, 0.25) is 15.9 Å². The van der Waals surface area contributed by atoms with E-state index in [0.29, 0.717) is 44.9 Å². The molecule has 1 aromatic carbocycles. The number of methoxy groups -OCH3 is 1. The normalized spacial score (nSPS) is 18.0. The summed E-state index contributed by atoms with van der Waals surface area (Å²) in [6, 6.07) is 5.28. The number of amides is 1. The molecule has 29 heavy (non-hydrogen) atoms. The van der Waals surface area contributed by atoms with Gasteiger partial charge in [-0.25, -0.2) is 8.42 Å². The van der Waals surface area contributed by atoms with Crippen LogP contribution in [-0.2, 0) is 19.6 Å². The van der Waals surface area contributed by atoms with E-state index >= 15 is 0 Å². The fourth-order valence-corrected chi connectivity index (χ4v) is 5.16. The average molecular weight is 427 g/mol. The summed E-state index contributed by atoms with van der Waals surface area (Å²) in [5.74, 6) is 0.0949. The summed E-state index contributed by atoms with van der Waals surface area (Å²) in [6.45, 7) is 8.36. The van der Waals surface area contributed by atoms with Crippen molar-refractivity contribution in [2.24, 2.45) is 5.92 Å². The monoisotopic (exact) mass is 426 g/mol. The van der Waals surface area contributed by atoms with Gasteiger partial charge in [-0.1, -0.05) is 19.9 Å². The maximum atomic E-state index is 13.3. The second-order valence-electron chi connectivity index (χ2n) is 7.61. The van der Waals surface area contributed by atoms with E-state index in [1.54, 1.807) is 12.1 Å². The summed E-state index contributed by atoms with van der Waals surface area (Å²) < 4.78 is 38.7. The summed E-state index contributed by atoms with van der Waals surface area (Å²) in [5, 5.41) is 2.90. The van der Waals surface area contributed by atoms with E-state index in [1.165, 1.54) is 11.4 Å². The third kappa shape index (κ3) is 6.17. The van der Waals surface area contributed by atoms with Crippen LogP contribution < -0.4 is 10.1 Å². The molecule has 1 aliphatic rings. The smallest absolute Gasteiger partial charge is 0.246 e. The molecule has 1 heterocycles. The van der Waals surface area contributed by atoms with E-state index in [0.717, 1.165) is 12.0 Å². The largest absolute Gasteiger partial charge is 0.495 e. The van der Waals surface area contributed by atoms with E-state index in [1.807, 2.05) is 26.8 Å². The zero-order valence-corrected chi connectivity index (χ0v) is 18.8. The molecule has 1 atom stereocenters. The first kappa shape index (κ1) is 23.6. The highest BCUT2D eigenvalue weighted by atomic mass is 32.2.